The van der Waals surface area contributed by atoms with Crippen molar-refractivity contribution in [2.24, 2.45) is 0 Å². The van der Waals surface area contributed by atoms with Gasteiger partial charge in [-0.15, -0.1) is 0 Å². The molecule has 1 atom stereocenters. The Balaban J connectivity index is 1.36. The van der Waals surface area contributed by atoms with Crippen LogP contribution in [0.5, 0.6) is 17.2 Å². The van der Waals surface area contributed by atoms with Crippen molar-refractivity contribution >= 4 is 17.4 Å². The van der Waals surface area contributed by atoms with E-state index in [2.05, 4.69) is 39.0 Å². The molecule has 8 heteroatoms. The van der Waals surface area contributed by atoms with Gasteiger partial charge in [0.25, 0.3) is 0 Å². The summed E-state index contributed by atoms with van der Waals surface area (Å²) < 4.78 is 16.5. The molecule has 1 unspecified atom stereocenters. The number of anilines is 2. The number of methoxy groups -OCH3 is 3. The molecule has 0 radical (unpaired) electrons. The molecule has 2 aromatic carbocycles. The summed E-state index contributed by atoms with van der Waals surface area (Å²) in [5.41, 5.74) is 3.63. The molecule has 1 fully saturated rings. The van der Waals surface area contributed by atoms with Crippen molar-refractivity contribution in [2.75, 3.05) is 57.3 Å². The highest BCUT2D eigenvalue weighted by molar-refractivity contribution is 5.98. The summed E-state index contributed by atoms with van der Waals surface area (Å²) in [6.07, 6.45) is 2.75. The fraction of sp³-hybridized carbons (Fsp3) is 0.370. The van der Waals surface area contributed by atoms with Crippen molar-refractivity contribution in [3.63, 3.8) is 0 Å². The predicted octanol–water partition coefficient (Wildman–Crippen LogP) is 3.74. The maximum atomic E-state index is 13.0. The molecule has 182 valence electrons. The second-order valence-corrected chi connectivity index (χ2v) is 8.83. The first-order chi connectivity index (χ1) is 17.1. The van der Waals surface area contributed by atoms with E-state index >= 15 is 0 Å². The highest BCUT2D eigenvalue weighted by Gasteiger charge is 2.30. The van der Waals surface area contributed by atoms with Gasteiger partial charge in [-0.1, -0.05) is 18.2 Å². The van der Waals surface area contributed by atoms with Crippen LogP contribution < -0.4 is 24.0 Å². The van der Waals surface area contributed by atoms with Crippen LogP contribution in [0.3, 0.4) is 0 Å². The zero-order valence-electron chi connectivity index (χ0n) is 20.4. The fourth-order valence-corrected chi connectivity index (χ4v) is 4.96. The second-order valence-electron chi connectivity index (χ2n) is 8.83. The zero-order chi connectivity index (χ0) is 24.4. The third-order valence-corrected chi connectivity index (χ3v) is 6.87. The number of hydrogen-bond acceptors (Lipinski definition) is 8. The number of rotatable bonds is 6. The lowest BCUT2D eigenvalue weighted by Crippen LogP contribution is -2.47. The minimum absolute atomic E-state index is 0.0265. The Kier molecular flexibility index (Phi) is 6.44. The van der Waals surface area contributed by atoms with Crippen molar-refractivity contribution in [2.45, 2.75) is 18.8 Å². The van der Waals surface area contributed by atoms with E-state index in [1.807, 2.05) is 18.2 Å². The summed E-state index contributed by atoms with van der Waals surface area (Å²) in [5, 5.41) is 0. The number of aromatic nitrogens is 2. The van der Waals surface area contributed by atoms with Crippen LogP contribution in [0.25, 0.3) is 0 Å². The Bertz CT molecular complexity index is 1180. The molecule has 0 amide bonds. The molecule has 0 bridgehead atoms. The first kappa shape index (κ1) is 23.0. The van der Waals surface area contributed by atoms with Gasteiger partial charge in [0.15, 0.2) is 17.3 Å². The summed E-state index contributed by atoms with van der Waals surface area (Å²) in [6, 6.07) is 14.3. The van der Waals surface area contributed by atoms with Crippen molar-refractivity contribution in [3.8, 4) is 17.2 Å². The standard InChI is InChI=1S/C27H30N4O4/c1-33-24-15-19(16-25(34-2)26(24)35-3)18-13-22-21(23(32)14-18)17-28-27(29-22)31-11-9-30(10-12-31)20-7-5-4-6-8-20/h4-8,15-18H,9-14H2,1-3H3. The smallest absolute Gasteiger partial charge is 0.225 e. The summed E-state index contributed by atoms with van der Waals surface area (Å²) in [7, 11) is 4.78. The summed E-state index contributed by atoms with van der Waals surface area (Å²) in [4.78, 5) is 27.0. The molecular weight excluding hydrogens is 444 g/mol. The zero-order valence-corrected chi connectivity index (χ0v) is 20.4. The normalized spacial score (nSPS) is 17.7. The summed E-state index contributed by atoms with van der Waals surface area (Å²) in [6.45, 7) is 3.46. The molecule has 1 aliphatic heterocycles. The van der Waals surface area contributed by atoms with E-state index in [9.17, 15) is 4.79 Å². The quantitative estimate of drug-likeness (QED) is 0.535. The SMILES string of the molecule is COc1cc(C2CC(=O)c3cnc(N4CCN(c5ccccc5)CC4)nc3C2)cc(OC)c1OC. The van der Waals surface area contributed by atoms with E-state index in [0.29, 0.717) is 41.6 Å². The van der Waals surface area contributed by atoms with E-state index in [1.165, 1.54) is 5.69 Å². The molecule has 0 spiro atoms. The van der Waals surface area contributed by atoms with Crippen LogP contribution in [0, 0.1) is 0 Å². The molecule has 2 heterocycles. The Morgan fingerprint density at radius 3 is 2.14 bits per heavy atom. The number of Topliss-reactive ketones (excluding diaryl/α,β-unsaturated/α-hetero) is 1. The van der Waals surface area contributed by atoms with Gasteiger partial charge >= 0.3 is 0 Å². The maximum absolute atomic E-state index is 13.0. The van der Waals surface area contributed by atoms with Crippen molar-refractivity contribution in [3.05, 3.63) is 65.5 Å². The van der Waals surface area contributed by atoms with E-state index < -0.39 is 0 Å². The lowest BCUT2D eigenvalue weighted by Gasteiger charge is -2.36. The first-order valence-corrected chi connectivity index (χ1v) is 11.8. The average Bonchev–Trinajstić information content (AvgIpc) is 2.92. The topological polar surface area (TPSA) is 77.0 Å². The molecule has 3 aromatic rings. The van der Waals surface area contributed by atoms with Gasteiger partial charge in [0.1, 0.15) is 0 Å². The molecule has 35 heavy (non-hydrogen) atoms. The number of fused-ring (bicyclic) bond motifs is 1. The number of nitrogens with zero attached hydrogens (tertiary/aromatic N) is 4. The molecule has 5 rings (SSSR count). The van der Waals surface area contributed by atoms with Gasteiger partial charge in [0, 0.05) is 44.5 Å². The molecule has 0 saturated carbocycles. The summed E-state index contributed by atoms with van der Waals surface area (Å²) in [5.74, 6) is 2.43. The lowest BCUT2D eigenvalue weighted by molar-refractivity contribution is 0.0962. The molecule has 1 aromatic heterocycles. The van der Waals surface area contributed by atoms with Crippen LogP contribution in [-0.2, 0) is 6.42 Å². The number of para-hydroxylation sites is 1. The van der Waals surface area contributed by atoms with Crippen LogP contribution in [0.4, 0.5) is 11.6 Å². The number of ketones is 1. The van der Waals surface area contributed by atoms with Crippen molar-refractivity contribution in [1.82, 2.24) is 9.97 Å². The van der Waals surface area contributed by atoms with Crippen molar-refractivity contribution < 1.29 is 19.0 Å². The number of ether oxygens (including phenoxy) is 3. The fourth-order valence-electron chi connectivity index (χ4n) is 4.96. The minimum Gasteiger partial charge on any atom is -0.493 e. The van der Waals surface area contributed by atoms with Crippen LogP contribution in [0.2, 0.25) is 0 Å². The number of benzene rings is 2. The van der Waals surface area contributed by atoms with E-state index in [4.69, 9.17) is 19.2 Å². The Morgan fingerprint density at radius 1 is 0.857 bits per heavy atom. The van der Waals surface area contributed by atoms with Crippen LogP contribution >= 0.6 is 0 Å². The van der Waals surface area contributed by atoms with E-state index in [-0.39, 0.29) is 11.7 Å². The molecule has 8 nitrogen and oxygen atoms in total. The average molecular weight is 475 g/mol. The predicted molar refractivity (Wildman–Crippen MR) is 134 cm³/mol. The Labute approximate surface area is 205 Å². The molecule has 2 aliphatic rings. The number of piperazine rings is 1. The third kappa shape index (κ3) is 4.48. The van der Waals surface area contributed by atoms with Gasteiger partial charge in [-0.25, -0.2) is 9.97 Å². The number of hydrogen-bond donors (Lipinski definition) is 0. The van der Waals surface area contributed by atoms with Gasteiger partial charge < -0.3 is 24.0 Å². The van der Waals surface area contributed by atoms with Gasteiger partial charge in [-0.2, -0.15) is 0 Å². The number of carbonyl (C=O) groups is 1. The van der Waals surface area contributed by atoms with E-state index in [0.717, 1.165) is 37.4 Å². The highest BCUT2D eigenvalue weighted by Crippen LogP contribution is 2.42. The Morgan fingerprint density at radius 2 is 1.51 bits per heavy atom. The monoisotopic (exact) mass is 474 g/mol. The first-order valence-electron chi connectivity index (χ1n) is 11.8. The molecule has 0 N–H and O–H groups in total. The van der Waals surface area contributed by atoms with Gasteiger partial charge in [0.05, 0.1) is 32.6 Å². The lowest BCUT2D eigenvalue weighted by atomic mass is 9.82. The van der Waals surface area contributed by atoms with Crippen LogP contribution in [0.1, 0.15) is 34.0 Å². The van der Waals surface area contributed by atoms with Gasteiger partial charge in [0.2, 0.25) is 11.7 Å². The third-order valence-electron chi connectivity index (χ3n) is 6.87. The molecule has 1 aliphatic carbocycles. The van der Waals surface area contributed by atoms with Gasteiger partial charge in [-0.05, 0) is 42.2 Å². The second kappa shape index (κ2) is 9.82. The summed E-state index contributed by atoms with van der Waals surface area (Å²) >= 11 is 0. The van der Waals surface area contributed by atoms with E-state index in [1.54, 1.807) is 27.5 Å². The largest absolute Gasteiger partial charge is 0.493 e. The molecular formula is C27H30N4O4. The van der Waals surface area contributed by atoms with Crippen LogP contribution in [0.15, 0.2) is 48.7 Å². The highest BCUT2D eigenvalue weighted by atomic mass is 16.5. The minimum atomic E-state index is -0.0265. The number of carbonyl (C=O) groups excluding carboxylic acids is 1. The molecule has 1 saturated heterocycles. The van der Waals surface area contributed by atoms with Crippen LogP contribution in [-0.4, -0.2) is 63.3 Å². The Hall–Kier alpha value is -3.81. The van der Waals surface area contributed by atoms with Crippen molar-refractivity contribution in [1.29, 1.82) is 0 Å². The van der Waals surface area contributed by atoms with Gasteiger partial charge in [-0.3, -0.25) is 4.79 Å². The maximum Gasteiger partial charge on any atom is 0.225 e.